The predicted molar refractivity (Wildman–Crippen MR) is 87.1 cm³/mol. The normalized spacial score (nSPS) is 30.7. The van der Waals surface area contributed by atoms with Gasteiger partial charge in [-0.25, -0.2) is 4.79 Å². The first kappa shape index (κ1) is 17.1. The van der Waals surface area contributed by atoms with Gasteiger partial charge in [-0.2, -0.15) is 0 Å². The number of carbonyl (C=O) groups excluding carboxylic acids is 1. The zero-order valence-electron chi connectivity index (χ0n) is 12.4. The summed E-state index contributed by atoms with van der Waals surface area (Å²) < 4.78 is 27.1. The van der Waals surface area contributed by atoms with Gasteiger partial charge in [0.05, 0.1) is 25.2 Å². The van der Waals surface area contributed by atoms with Gasteiger partial charge in [-0.3, -0.25) is 0 Å². The van der Waals surface area contributed by atoms with E-state index in [-0.39, 0.29) is 6.61 Å². The highest BCUT2D eigenvalue weighted by molar-refractivity contribution is 8.07. The van der Waals surface area contributed by atoms with E-state index < -0.39 is 24.2 Å². The van der Waals surface area contributed by atoms with Crippen molar-refractivity contribution in [2.45, 2.75) is 13.0 Å². The van der Waals surface area contributed by atoms with Gasteiger partial charge >= 0.3 is 12.7 Å². The van der Waals surface area contributed by atoms with Gasteiger partial charge < -0.3 is 23.0 Å². The third kappa shape index (κ3) is 4.05. The van der Waals surface area contributed by atoms with Gasteiger partial charge in [-0.15, -0.1) is 0 Å². The summed E-state index contributed by atoms with van der Waals surface area (Å²) >= 11 is 10.9. The Morgan fingerprint density at radius 2 is 1.87 bits per heavy atom. The fourth-order valence-electron chi connectivity index (χ4n) is 2.12. The first-order valence-electron chi connectivity index (χ1n) is 7.02. The predicted octanol–water partition coefficient (Wildman–Crippen LogP) is 2.94. The Kier molecular flexibility index (Phi) is 4.97. The number of halogens is 1. The lowest BCUT2D eigenvalue weighted by atomic mass is 9.92. The molecule has 6 nitrogen and oxygen atoms in total. The number of rotatable bonds is 5. The molecule has 3 aliphatic rings. The van der Waals surface area contributed by atoms with E-state index in [0.717, 1.165) is 0 Å². The zero-order chi connectivity index (χ0) is 16.5. The molecule has 1 aromatic rings. The highest BCUT2D eigenvalue weighted by atomic mass is 35.5. The van der Waals surface area contributed by atoms with Crippen molar-refractivity contribution in [1.82, 2.24) is 0 Å². The maximum Gasteiger partial charge on any atom is 0.347 e. The van der Waals surface area contributed by atoms with Crippen LogP contribution in [0, 0.1) is 5.41 Å². The van der Waals surface area contributed by atoms with E-state index in [9.17, 15) is 4.79 Å². The molecule has 0 saturated carbocycles. The van der Waals surface area contributed by atoms with Gasteiger partial charge in [0.25, 0.3) is 0 Å². The first-order chi connectivity index (χ1) is 10.9. The van der Waals surface area contributed by atoms with E-state index in [0.29, 0.717) is 30.6 Å². The number of ether oxygens (including phenoxy) is 2. The van der Waals surface area contributed by atoms with Crippen LogP contribution in [0.25, 0.3) is 0 Å². The lowest BCUT2D eigenvalue weighted by Crippen LogP contribution is -2.48. The standard InChI is InChI=1S/C14H16ClO6PS/c1-10(21-12-4-2-11(15)3-5-12)13(16)17-6-14-7-18-22(23,19-8-14)20-9-14/h2-5,10H,6-9H2,1H3. The van der Waals surface area contributed by atoms with Gasteiger partial charge in [-0.05, 0) is 43.0 Å². The Morgan fingerprint density at radius 1 is 1.30 bits per heavy atom. The van der Waals surface area contributed by atoms with Crippen LogP contribution in [0.4, 0.5) is 0 Å². The molecule has 0 amide bonds. The van der Waals surface area contributed by atoms with Crippen LogP contribution in [-0.2, 0) is 34.9 Å². The topological polar surface area (TPSA) is 63.2 Å². The van der Waals surface area contributed by atoms with Crippen LogP contribution in [0.3, 0.4) is 0 Å². The van der Waals surface area contributed by atoms with E-state index in [1.165, 1.54) is 0 Å². The average molecular weight is 379 g/mol. The summed E-state index contributed by atoms with van der Waals surface area (Å²) in [5, 5.41) is 0.599. The lowest BCUT2D eigenvalue weighted by molar-refractivity contribution is -0.164. The molecule has 0 aliphatic carbocycles. The van der Waals surface area contributed by atoms with Crippen molar-refractivity contribution in [3.05, 3.63) is 29.3 Å². The molecule has 0 aromatic heterocycles. The Balaban J connectivity index is 1.51. The van der Waals surface area contributed by atoms with Gasteiger partial charge in [-0.1, -0.05) is 11.6 Å². The highest BCUT2D eigenvalue weighted by Gasteiger charge is 2.48. The van der Waals surface area contributed by atoms with Crippen molar-refractivity contribution in [1.29, 1.82) is 0 Å². The minimum atomic E-state index is -2.53. The average Bonchev–Trinajstić information content (AvgIpc) is 2.56. The molecule has 4 rings (SSSR count). The molecule has 0 N–H and O–H groups in total. The van der Waals surface area contributed by atoms with Gasteiger partial charge in [0.2, 0.25) is 0 Å². The molecule has 126 valence electrons. The van der Waals surface area contributed by atoms with Crippen LogP contribution < -0.4 is 4.74 Å². The Morgan fingerprint density at radius 3 is 2.43 bits per heavy atom. The zero-order valence-corrected chi connectivity index (χ0v) is 14.9. The molecular formula is C14H16ClO6PS. The monoisotopic (exact) mass is 378 g/mol. The molecule has 3 saturated heterocycles. The first-order valence-corrected chi connectivity index (χ1v) is 9.96. The van der Waals surface area contributed by atoms with Crippen LogP contribution in [0.5, 0.6) is 5.75 Å². The van der Waals surface area contributed by atoms with Crippen LogP contribution in [0.2, 0.25) is 5.02 Å². The molecule has 23 heavy (non-hydrogen) atoms. The van der Waals surface area contributed by atoms with Crippen molar-refractivity contribution in [2.75, 3.05) is 26.4 Å². The van der Waals surface area contributed by atoms with Crippen LogP contribution in [0.1, 0.15) is 6.92 Å². The number of hydrogen-bond acceptors (Lipinski definition) is 7. The Bertz CT molecular complexity index is 605. The minimum Gasteiger partial charge on any atom is -0.479 e. The smallest absolute Gasteiger partial charge is 0.347 e. The molecule has 3 heterocycles. The summed E-state index contributed by atoms with van der Waals surface area (Å²) in [6, 6.07) is 6.76. The molecule has 3 aliphatic heterocycles. The van der Waals surface area contributed by atoms with Crippen LogP contribution in [-0.4, -0.2) is 38.5 Å². The number of esters is 1. The van der Waals surface area contributed by atoms with Crippen molar-refractivity contribution in [3.8, 4) is 5.75 Å². The Hall–Kier alpha value is -0.690. The van der Waals surface area contributed by atoms with Crippen LogP contribution >= 0.6 is 18.3 Å². The molecule has 1 aromatic carbocycles. The minimum absolute atomic E-state index is 0.134. The Labute approximate surface area is 144 Å². The third-order valence-electron chi connectivity index (χ3n) is 3.57. The summed E-state index contributed by atoms with van der Waals surface area (Å²) in [4.78, 5) is 12.1. The van der Waals surface area contributed by atoms with Crippen molar-refractivity contribution in [3.63, 3.8) is 0 Å². The van der Waals surface area contributed by atoms with Gasteiger partial charge in [0.1, 0.15) is 12.4 Å². The summed E-state index contributed by atoms with van der Waals surface area (Å²) in [5.74, 6) is 0.0768. The van der Waals surface area contributed by atoms with E-state index in [2.05, 4.69) is 0 Å². The van der Waals surface area contributed by atoms with E-state index in [4.69, 9.17) is 46.5 Å². The lowest BCUT2D eigenvalue weighted by Gasteiger charge is -2.45. The van der Waals surface area contributed by atoms with Crippen molar-refractivity contribution in [2.24, 2.45) is 5.41 Å². The van der Waals surface area contributed by atoms with E-state index in [1.807, 2.05) is 0 Å². The number of hydrogen-bond donors (Lipinski definition) is 0. The summed E-state index contributed by atoms with van der Waals surface area (Å²) in [6.07, 6.45) is -0.743. The molecule has 0 spiro atoms. The fraction of sp³-hybridized carbons (Fsp3) is 0.500. The second-order valence-corrected chi connectivity index (χ2v) is 9.04. The molecular weight excluding hydrogens is 363 g/mol. The number of carbonyl (C=O) groups is 1. The molecule has 2 bridgehead atoms. The van der Waals surface area contributed by atoms with E-state index >= 15 is 0 Å². The molecule has 9 heteroatoms. The maximum absolute atomic E-state index is 12.1. The number of fused-ring (bicyclic) bond motifs is 3. The van der Waals surface area contributed by atoms with Gasteiger partial charge in [0.15, 0.2) is 6.10 Å². The second-order valence-electron chi connectivity index (χ2n) is 5.59. The third-order valence-corrected chi connectivity index (χ3v) is 6.10. The molecule has 1 atom stereocenters. The second kappa shape index (κ2) is 6.67. The summed E-state index contributed by atoms with van der Waals surface area (Å²) in [7, 11) is 0. The highest BCUT2D eigenvalue weighted by Crippen LogP contribution is 2.60. The maximum atomic E-state index is 12.1. The quantitative estimate of drug-likeness (QED) is 0.576. The van der Waals surface area contributed by atoms with Crippen molar-refractivity contribution >= 4 is 36.1 Å². The largest absolute Gasteiger partial charge is 0.479 e. The van der Waals surface area contributed by atoms with Crippen molar-refractivity contribution < 1.29 is 27.8 Å². The number of benzene rings is 1. The molecule has 3 fully saturated rings. The van der Waals surface area contributed by atoms with E-state index in [1.54, 1.807) is 31.2 Å². The molecule has 1 unspecified atom stereocenters. The SMILES string of the molecule is CC(Oc1ccc(Cl)cc1)C(=O)OCC12COP(=S)(OC1)OC2. The summed E-state index contributed by atoms with van der Waals surface area (Å²) in [5.41, 5.74) is -0.490. The summed E-state index contributed by atoms with van der Waals surface area (Å²) in [6.45, 7) is 0.366. The van der Waals surface area contributed by atoms with Crippen LogP contribution in [0.15, 0.2) is 24.3 Å². The van der Waals surface area contributed by atoms with Gasteiger partial charge in [0, 0.05) is 5.02 Å². The molecule has 0 radical (unpaired) electrons. The fourth-order valence-corrected chi connectivity index (χ4v) is 4.24.